The van der Waals surface area contributed by atoms with Crippen LogP contribution in [0.2, 0.25) is 0 Å². The van der Waals surface area contributed by atoms with E-state index in [2.05, 4.69) is 18.2 Å². The third-order valence-electron chi connectivity index (χ3n) is 4.30. The van der Waals surface area contributed by atoms with E-state index in [4.69, 9.17) is 4.98 Å². The summed E-state index contributed by atoms with van der Waals surface area (Å²) in [6, 6.07) is 12.3. The summed E-state index contributed by atoms with van der Waals surface area (Å²) >= 11 is 0. The molecule has 2 aromatic heterocycles. The maximum Gasteiger partial charge on any atom is 0.254 e. The predicted molar refractivity (Wildman–Crippen MR) is 90.0 cm³/mol. The topological polar surface area (TPSA) is 34.9 Å². The largest absolute Gasteiger partial charge is 0.302 e. The monoisotopic (exact) mass is 288 g/mol. The van der Waals surface area contributed by atoms with E-state index < -0.39 is 0 Å². The lowest BCUT2D eigenvalue weighted by Gasteiger charge is -2.07. The standard InChI is InChI=1S/C19H16N2O/c1-3-6-13-10-17-18-15(11-21(17)19(22)12(13)2)9-14-7-4-5-8-16(14)20-18/h3-10H,11H2,1-2H3. The smallest absolute Gasteiger partial charge is 0.254 e. The number of rotatable bonds is 1. The summed E-state index contributed by atoms with van der Waals surface area (Å²) in [5, 5.41) is 1.12. The van der Waals surface area contributed by atoms with E-state index in [-0.39, 0.29) is 5.56 Å². The number of aromatic nitrogens is 2. The Kier molecular flexibility index (Phi) is 2.76. The first kappa shape index (κ1) is 13.0. The molecule has 3 heterocycles. The van der Waals surface area contributed by atoms with Crippen molar-refractivity contribution < 1.29 is 0 Å². The van der Waals surface area contributed by atoms with Gasteiger partial charge in [0.15, 0.2) is 0 Å². The van der Waals surface area contributed by atoms with Crippen molar-refractivity contribution in [1.82, 2.24) is 9.55 Å². The van der Waals surface area contributed by atoms with Gasteiger partial charge in [-0.25, -0.2) is 4.98 Å². The fourth-order valence-corrected chi connectivity index (χ4v) is 3.15. The highest BCUT2D eigenvalue weighted by Gasteiger charge is 2.23. The summed E-state index contributed by atoms with van der Waals surface area (Å²) in [6.45, 7) is 4.46. The molecule has 22 heavy (non-hydrogen) atoms. The molecule has 0 fully saturated rings. The lowest BCUT2D eigenvalue weighted by molar-refractivity contribution is 0.795. The molecule has 3 aromatic rings. The number of hydrogen-bond donors (Lipinski definition) is 0. The fourth-order valence-electron chi connectivity index (χ4n) is 3.15. The molecule has 1 aromatic carbocycles. The van der Waals surface area contributed by atoms with Crippen molar-refractivity contribution in [2.24, 2.45) is 0 Å². The maximum absolute atomic E-state index is 12.6. The molecule has 108 valence electrons. The van der Waals surface area contributed by atoms with E-state index in [9.17, 15) is 4.79 Å². The Bertz CT molecular complexity index is 996. The van der Waals surface area contributed by atoms with Gasteiger partial charge in [0.2, 0.25) is 0 Å². The highest BCUT2D eigenvalue weighted by Crippen LogP contribution is 2.32. The highest BCUT2D eigenvalue weighted by atomic mass is 16.1. The van der Waals surface area contributed by atoms with Crippen molar-refractivity contribution in [3.05, 3.63) is 69.5 Å². The quantitative estimate of drug-likeness (QED) is 0.534. The minimum absolute atomic E-state index is 0.0765. The van der Waals surface area contributed by atoms with Gasteiger partial charge in [-0.15, -0.1) is 0 Å². The van der Waals surface area contributed by atoms with Crippen molar-refractivity contribution in [1.29, 1.82) is 0 Å². The van der Waals surface area contributed by atoms with Crippen LogP contribution in [0.3, 0.4) is 0 Å². The van der Waals surface area contributed by atoms with Crippen LogP contribution >= 0.6 is 0 Å². The molecule has 0 unspecified atom stereocenters. The third kappa shape index (κ3) is 1.75. The summed E-state index contributed by atoms with van der Waals surface area (Å²) < 4.78 is 1.83. The van der Waals surface area contributed by atoms with E-state index >= 15 is 0 Å². The van der Waals surface area contributed by atoms with Gasteiger partial charge in [0.1, 0.15) is 0 Å². The van der Waals surface area contributed by atoms with Gasteiger partial charge in [-0.3, -0.25) is 4.79 Å². The van der Waals surface area contributed by atoms with Crippen molar-refractivity contribution in [3.8, 4) is 11.4 Å². The molecule has 0 N–H and O–H groups in total. The summed E-state index contributed by atoms with van der Waals surface area (Å²) in [5.41, 5.74) is 5.78. The fraction of sp³-hybridized carbons (Fsp3) is 0.158. The zero-order valence-corrected chi connectivity index (χ0v) is 12.6. The van der Waals surface area contributed by atoms with Gasteiger partial charge in [0.05, 0.1) is 23.4 Å². The molecule has 0 saturated carbocycles. The summed E-state index contributed by atoms with van der Waals surface area (Å²) in [6.07, 6.45) is 3.94. The molecule has 1 aliphatic rings. The molecule has 3 nitrogen and oxygen atoms in total. The van der Waals surface area contributed by atoms with Gasteiger partial charge in [0.25, 0.3) is 5.56 Å². The average molecular weight is 288 g/mol. The van der Waals surface area contributed by atoms with Crippen LogP contribution in [0.4, 0.5) is 0 Å². The molecule has 1 aliphatic heterocycles. The molecule has 0 aliphatic carbocycles. The van der Waals surface area contributed by atoms with E-state index in [0.717, 1.165) is 39.0 Å². The van der Waals surface area contributed by atoms with Gasteiger partial charge in [-0.2, -0.15) is 0 Å². The Labute approximate surface area is 128 Å². The molecule has 0 radical (unpaired) electrons. The van der Waals surface area contributed by atoms with Gasteiger partial charge in [0, 0.05) is 16.5 Å². The van der Waals surface area contributed by atoms with Crippen molar-refractivity contribution in [2.75, 3.05) is 0 Å². The summed E-state index contributed by atoms with van der Waals surface area (Å²) in [4.78, 5) is 17.4. The Morgan fingerprint density at radius 2 is 2.05 bits per heavy atom. The van der Waals surface area contributed by atoms with Crippen LogP contribution in [0.15, 0.2) is 47.3 Å². The molecule has 0 bridgehead atoms. The van der Waals surface area contributed by atoms with Gasteiger partial charge < -0.3 is 4.57 Å². The zero-order chi connectivity index (χ0) is 15.3. The van der Waals surface area contributed by atoms with Crippen molar-refractivity contribution in [3.63, 3.8) is 0 Å². The van der Waals surface area contributed by atoms with Crippen LogP contribution in [0, 0.1) is 6.92 Å². The molecule has 4 rings (SSSR count). The van der Waals surface area contributed by atoms with Gasteiger partial charge in [-0.1, -0.05) is 30.4 Å². The molecule has 3 heteroatoms. The zero-order valence-electron chi connectivity index (χ0n) is 12.6. The minimum atomic E-state index is 0.0765. The summed E-state index contributed by atoms with van der Waals surface area (Å²) in [5.74, 6) is 0. The van der Waals surface area contributed by atoms with Crippen LogP contribution < -0.4 is 5.56 Å². The van der Waals surface area contributed by atoms with Gasteiger partial charge >= 0.3 is 0 Å². The normalized spacial score (nSPS) is 12.8. The van der Waals surface area contributed by atoms with E-state index in [1.54, 1.807) is 0 Å². The van der Waals surface area contributed by atoms with E-state index in [1.807, 2.05) is 48.8 Å². The van der Waals surface area contributed by atoms with Crippen molar-refractivity contribution >= 4 is 17.0 Å². The third-order valence-corrected chi connectivity index (χ3v) is 4.30. The molecular weight excluding hydrogens is 272 g/mol. The lowest BCUT2D eigenvalue weighted by Crippen LogP contribution is -2.22. The first-order valence-electron chi connectivity index (χ1n) is 7.45. The Hall–Kier alpha value is -2.68. The number of nitrogens with zero attached hydrogens (tertiary/aromatic N) is 2. The minimum Gasteiger partial charge on any atom is -0.302 e. The van der Waals surface area contributed by atoms with E-state index in [1.165, 1.54) is 0 Å². The molecule has 0 atom stereocenters. The lowest BCUT2D eigenvalue weighted by atomic mass is 10.1. The average Bonchev–Trinajstić information content (AvgIpc) is 2.88. The number of fused-ring (bicyclic) bond motifs is 4. The Morgan fingerprint density at radius 1 is 1.23 bits per heavy atom. The molecule has 0 saturated heterocycles. The number of allylic oxidation sites excluding steroid dienone is 1. The van der Waals surface area contributed by atoms with Crippen LogP contribution in [-0.2, 0) is 6.54 Å². The van der Waals surface area contributed by atoms with Gasteiger partial charge in [-0.05, 0) is 37.6 Å². The second kappa shape index (κ2) is 4.67. The first-order valence-corrected chi connectivity index (χ1v) is 7.45. The van der Waals surface area contributed by atoms with E-state index in [0.29, 0.717) is 6.54 Å². The number of benzene rings is 1. The molecule has 0 spiro atoms. The van der Waals surface area contributed by atoms with Crippen LogP contribution in [0.25, 0.3) is 28.4 Å². The summed E-state index contributed by atoms with van der Waals surface area (Å²) in [7, 11) is 0. The second-order valence-corrected chi connectivity index (χ2v) is 5.69. The van der Waals surface area contributed by atoms with Crippen LogP contribution in [0.1, 0.15) is 23.6 Å². The Morgan fingerprint density at radius 3 is 2.86 bits per heavy atom. The predicted octanol–water partition coefficient (Wildman–Crippen LogP) is 3.77. The number of hydrogen-bond acceptors (Lipinski definition) is 2. The molecule has 0 amide bonds. The number of para-hydroxylation sites is 1. The van der Waals surface area contributed by atoms with Crippen LogP contribution in [-0.4, -0.2) is 9.55 Å². The Balaban J connectivity index is 2.04. The SMILES string of the molecule is CC=Cc1cc2n(c(=O)c1C)Cc1cc3ccccc3nc1-2. The first-order chi connectivity index (χ1) is 10.7. The van der Waals surface area contributed by atoms with Crippen molar-refractivity contribution in [2.45, 2.75) is 20.4 Å². The second-order valence-electron chi connectivity index (χ2n) is 5.69. The maximum atomic E-state index is 12.6. The molecular formula is C19H16N2O. The highest BCUT2D eigenvalue weighted by molar-refractivity contribution is 5.84. The van der Waals surface area contributed by atoms with Crippen LogP contribution in [0.5, 0.6) is 0 Å². The number of pyridine rings is 2.